The van der Waals surface area contributed by atoms with Crippen molar-refractivity contribution in [2.75, 3.05) is 14.2 Å². The van der Waals surface area contributed by atoms with Gasteiger partial charge in [-0.15, -0.1) is 0 Å². The Hall–Kier alpha value is 0.137. The minimum atomic E-state index is -2.35. The fourth-order valence-electron chi connectivity index (χ4n) is 5.42. The molecule has 2 unspecified atom stereocenters. The molecule has 0 amide bonds. The summed E-state index contributed by atoms with van der Waals surface area (Å²) in [5.41, 5.74) is 0.459. The molecule has 22 heavy (non-hydrogen) atoms. The third-order valence-corrected chi connectivity index (χ3v) is 13.1. The predicted octanol–water partition coefficient (Wildman–Crippen LogP) is 6.01. The van der Waals surface area contributed by atoms with Gasteiger partial charge in [0.15, 0.2) is 0 Å². The Kier molecular flexibility index (Phi) is 6.02. The van der Waals surface area contributed by atoms with Gasteiger partial charge in [-0.25, -0.2) is 0 Å². The van der Waals surface area contributed by atoms with Crippen LogP contribution in [0.15, 0.2) is 0 Å². The van der Waals surface area contributed by atoms with Crippen molar-refractivity contribution in [1.29, 1.82) is 0 Å². The van der Waals surface area contributed by atoms with Crippen molar-refractivity contribution < 1.29 is 8.85 Å². The van der Waals surface area contributed by atoms with Gasteiger partial charge in [-0.05, 0) is 35.1 Å². The molecule has 0 aromatic heterocycles. The third kappa shape index (κ3) is 2.61. The van der Waals surface area contributed by atoms with Crippen LogP contribution in [0.2, 0.25) is 11.1 Å². The van der Waals surface area contributed by atoms with Crippen molar-refractivity contribution in [2.45, 2.75) is 85.7 Å². The molecule has 2 atom stereocenters. The van der Waals surface area contributed by atoms with E-state index >= 15 is 0 Å². The topological polar surface area (TPSA) is 18.5 Å². The first-order chi connectivity index (χ1) is 9.99. The van der Waals surface area contributed by atoms with Gasteiger partial charge in [0.25, 0.3) is 0 Å². The maximum absolute atomic E-state index is 6.34. The average molecular weight is 329 g/mol. The summed E-state index contributed by atoms with van der Waals surface area (Å²) in [5.74, 6) is 1.39. The van der Waals surface area contributed by atoms with Crippen LogP contribution in [0.3, 0.4) is 0 Å². The van der Waals surface area contributed by atoms with E-state index in [1.54, 1.807) is 0 Å². The first kappa shape index (κ1) is 20.2. The largest absolute Gasteiger partial charge is 0.397 e. The van der Waals surface area contributed by atoms with Gasteiger partial charge in [-0.1, -0.05) is 68.2 Å². The van der Waals surface area contributed by atoms with Crippen molar-refractivity contribution in [1.82, 2.24) is 0 Å². The quantitative estimate of drug-likeness (QED) is 0.533. The summed E-state index contributed by atoms with van der Waals surface area (Å²) < 4.78 is 12.7. The molecule has 0 saturated heterocycles. The normalized spacial score (nSPS) is 31.0. The summed E-state index contributed by atoms with van der Waals surface area (Å²) in [6, 6.07) is 1.11. The van der Waals surface area contributed by atoms with E-state index in [4.69, 9.17) is 8.85 Å². The molecule has 132 valence electrons. The molecule has 1 aliphatic rings. The highest BCUT2D eigenvalue weighted by Gasteiger charge is 2.72. The molecule has 3 heteroatoms. The van der Waals surface area contributed by atoms with Gasteiger partial charge in [-0.3, -0.25) is 0 Å². The lowest BCUT2D eigenvalue weighted by molar-refractivity contribution is 0.0872. The minimum Gasteiger partial charge on any atom is -0.397 e. The number of rotatable bonds is 7. The number of hydrogen-bond acceptors (Lipinski definition) is 2. The Morgan fingerprint density at radius 2 is 1.45 bits per heavy atom. The van der Waals surface area contributed by atoms with Gasteiger partial charge in [0, 0.05) is 19.3 Å². The van der Waals surface area contributed by atoms with Gasteiger partial charge in [0.2, 0.25) is 0 Å². The Balaban J connectivity index is 3.45. The molecule has 0 heterocycles. The monoisotopic (exact) mass is 328 g/mol. The molecule has 0 aromatic carbocycles. The number of hydrogen-bond donors (Lipinski definition) is 0. The Morgan fingerprint density at radius 1 is 1.00 bits per heavy atom. The SMILES string of the molecule is CCC(CC)C[Si](OC)(OC)C1(C)C(C)(C)CC(C)C1(C)C. The Morgan fingerprint density at radius 3 is 1.73 bits per heavy atom. The summed E-state index contributed by atoms with van der Waals surface area (Å²) in [5, 5.41) is 0.0957. The van der Waals surface area contributed by atoms with Crippen LogP contribution in [0, 0.1) is 22.7 Å². The Bertz CT molecular complexity index is 370. The molecule has 1 rings (SSSR count). The molecule has 0 aromatic rings. The van der Waals surface area contributed by atoms with Gasteiger partial charge < -0.3 is 8.85 Å². The summed E-state index contributed by atoms with van der Waals surface area (Å²) >= 11 is 0. The molecular formula is C19H40O2Si. The van der Waals surface area contributed by atoms with Crippen LogP contribution in [0.25, 0.3) is 0 Å². The molecule has 0 spiro atoms. The Labute approximate surface area is 140 Å². The van der Waals surface area contributed by atoms with E-state index in [0.717, 1.165) is 6.04 Å². The summed E-state index contributed by atoms with van der Waals surface area (Å²) in [6.07, 6.45) is 3.68. The molecule has 0 aliphatic heterocycles. The van der Waals surface area contributed by atoms with Crippen molar-refractivity contribution in [3.05, 3.63) is 0 Å². The van der Waals surface area contributed by atoms with Crippen LogP contribution in [0.1, 0.15) is 74.7 Å². The second-order valence-corrected chi connectivity index (χ2v) is 12.6. The van der Waals surface area contributed by atoms with E-state index < -0.39 is 8.56 Å². The lowest BCUT2D eigenvalue weighted by Gasteiger charge is -2.56. The van der Waals surface area contributed by atoms with Crippen LogP contribution in [0.4, 0.5) is 0 Å². The van der Waals surface area contributed by atoms with Crippen LogP contribution >= 0.6 is 0 Å². The van der Waals surface area contributed by atoms with E-state index in [1.807, 2.05) is 14.2 Å². The van der Waals surface area contributed by atoms with Gasteiger partial charge in [0.1, 0.15) is 0 Å². The van der Waals surface area contributed by atoms with Crippen molar-refractivity contribution >= 4 is 8.56 Å². The summed E-state index contributed by atoms with van der Waals surface area (Å²) in [6.45, 7) is 19.2. The highest BCUT2D eigenvalue weighted by atomic mass is 28.4. The van der Waals surface area contributed by atoms with E-state index in [-0.39, 0.29) is 15.9 Å². The smallest absolute Gasteiger partial charge is 0.345 e. The zero-order valence-corrected chi connectivity index (χ0v) is 17.8. The molecule has 1 fully saturated rings. The first-order valence-corrected chi connectivity index (χ1v) is 11.1. The van der Waals surface area contributed by atoms with Gasteiger partial charge in [0.05, 0.1) is 0 Å². The second-order valence-electron chi connectivity index (χ2n) is 8.88. The van der Waals surface area contributed by atoms with Gasteiger partial charge >= 0.3 is 8.56 Å². The van der Waals surface area contributed by atoms with Crippen LogP contribution in [-0.2, 0) is 8.85 Å². The van der Waals surface area contributed by atoms with E-state index in [1.165, 1.54) is 19.3 Å². The van der Waals surface area contributed by atoms with Crippen LogP contribution in [-0.4, -0.2) is 22.8 Å². The minimum absolute atomic E-state index is 0.0957. The van der Waals surface area contributed by atoms with Crippen LogP contribution < -0.4 is 0 Å². The lowest BCUT2D eigenvalue weighted by Crippen LogP contribution is -2.60. The standard InChI is InChI=1S/C19H40O2Si/c1-11-16(12-2)14-22(20-9,21-10)19(8)17(4,5)13-15(3)18(19,6)7/h15-16H,11-14H2,1-10H3. The molecule has 1 saturated carbocycles. The zero-order valence-electron chi connectivity index (χ0n) is 16.8. The van der Waals surface area contributed by atoms with E-state index in [0.29, 0.717) is 11.8 Å². The molecule has 1 aliphatic carbocycles. The maximum atomic E-state index is 6.34. The van der Waals surface area contributed by atoms with Crippen molar-refractivity contribution in [2.24, 2.45) is 22.7 Å². The zero-order chi connectivity index (χ0) is 17.4. The molecule has 2 nitrogen and oxygen atoms in total. The van der Waals surface area contributed by atoms with Gasteiger partial charge in [-0.2, -0.15) is 0 Å². The van der Waals surface area contributed by atoms with Crippen molar-refractivity contribution in [3.63, 3.8) is 0 Å². The molecule has 0 radical (unpaired) electrons. The average Bonchev–Trinajstić information content (AvgIpc) is 2.59. The lowest BCUT2D eigenvalue weighted by atomic mass is 9.71. The summed E-state index contributed by atoms with van der Waals surface area (Å²) in [7, 11) is 1.45. The predicted molar refractivity (Wildman–Crippen MR) is 98.4 cm³/mol. The van der Waals surface area contributed by atoms with E-state index in [9.17, 15) is 0 Å². The van der Waals surface area contributed by atoms with Crippen LogP contribution in [0.5, 0.6) is 0 Å². The fraction of sp³-hybridized carbons (Fsp3) is 1.00. The van der Waals surface area contributed by atoms with E-state index in [2.05, 4.69) is 55.4 Å². The molecule has 0 bridgehead atoms. The third-order valence-electron chi connectivity index (χ3n) is 7.82. The fourth-order valence-corrected chi connectivity index (χ4v) is 10.8. The maximum Gasteiger partial charge on any atom is 0.345 e. The highest BCUT2D eigenvalue weighted by Crippen LogP contribution is 2.74. The second kappa shape index (κ2) is 6.56. The first-order valence-electron chi connectivity index (χ1n) is 9.10. The summed E-state index contributed by atoms with van der Waals surface area (Å²) in [4.78, 5) is 0. The highest BCUT2D eigenvalue weighted by molar-refractivity contribution is 6.71. The molecule has 0 N–H and O–H groups in total. The molecular weight excluding hydrogens is 288 g/mol. The van der Waals surface area contributed by atoms with Crippen molar-refractivity contribution in [3.8, 4) is 0 Å².